The number of benzene rings is 1. The van der Waals surface area contributed by atoms with Gasteiger partial charge in [0.15, 0.2) is 0 Å². The molecule has 1 aliphatic heterocycles. The first-order valence-electron chi connectivity index (χ1n) is 9.73. The van der Waals surface area contributed by atoms with Gasteiger partial charge in [-0.1, -0.05) is 56.5 Å². The lowest BCUT2D eigenvalue weighted by atomic mass is 10.1. The Morgan fingerprint density at radius 1 is 1.12 bits per heavy atom. The fourth-order valence-corrected chi connectivity index (χ4v) is 7.85. The molecule has 0 spiro atoms. The van der Waals surface area contributed by atoms with Gasteiger partial charge < -0.3 is 24.6 Å². The summed E-state index contributed by atoms with van der Waals surface area (Å²) in [5.74, 6) is 0. The molecule has 6 heteroatoms. The van der Waals surface area contributed by atoms with Gasteiger partial charge in [-0.15, -0.1) is 0 Å². The summed E-state index contributed by atoms with van der Waals surface area (Å²) in [7, 11) is 3.22. The fourth-order valence-electron chi connectivity index (χ4n) is 3.86. The summed E-state index contributed by atoms with van der Waals surface area (Å²) in [5.41, 5.74) is 6.64. The van der Waals surface area contributed by atoms with Crippen molar-refractivity contribution in [2.75, 3.05) is 34.4 Å². The molecule has 1 aliphatic rings. The van der Waals surface area contributed by atoms with Crippen molar-refractivity contribution in [2.45, 2.75) is 56.8 Å². The highest BCUT2D eigenvalue weighted by molar-refractivity contribution is 6.70. The molecule has 1 saturated heterocycles. The molecule has 1 heterocycles. The number of hydrogen-bond acceptors (Lipinski definition) is 5. The minimum Gasteiger partial charge on any atom is -0.396 e. The van der Waals surface area contributed by atoms with E-state index in [1.165, 1.54) is 18.4 Å². The third-order valence-corrected chi connectivity index (χ3v) is 9.65. The lowest BCUT2D eigenvalue weighted by Gasteiger charge is -2.47. The first-order valence-corrected chi connectivity index (χ1v) is 11.8. The largest absolute Gasteiger partial charge is 0.396 e. The summed E-state index contributed by atoms with van der Waals surface area (Å²) < 4.78 is 17.4. The molecule has 5 nitrogen and oxygen atoms in total. The van der Waals surface area contributed by atoms with Crippen LogP contribution in [0.2, 0.25) is 6.04 Å². The lowest BCUT2D eigenvalue weighted by molar-refractivity contribution is -0.0149. The number of methoxy groups -OCH3 is 1. The van der Waals surface area contributed by atoms with Crippen LogP contribution in [0, 0.1) is 0 Å². The van der Waals surface area contributed by atoms with E-state index in [1.54, 1.807) is 21.3 Å². The summed E-state index contributed by atoms with van der Waals surface area (Å²) in [6.45, 7) is 4.69. The van der Waals surface area contributed by atoms with E-state index >= 15 is 0 Å². The second kappa shape index (κ2) is 12.6. The van der Waals surface area contributed by atoms with Crippen molar-refractivity contribution in [2.24, 2.45) is 5.73 Å². The highest BCUT2D eigenvalue weighted by Crippen LogP contribution is 2.42. The highest BCUT2D eigenvalue weighted by Gasteiger charge is 2.58. The summed E-state index contributed by atoms with van der Waals surface area (Å²) in [5, 5.41) is 3.10. The third-order valence-electron chi connectivity index (χ3n) is 5.23. The van der Waals surface area contributed by atoms with Gasteiger partial charge in [0.25, 0.3) is 0 Å². The molecule has 0 amide bonds. The van der Waals surface area contributed by atoms with Crippen molar-refractivity contribution >= 4 is 8.56 Å². The number of nitrogens with two attached hydrogens (primary N) is 1. The Balaban J connectivity index is 0.000000273. The summed E-state index contributed by atoms with van der Waals surface area (Å²) >= 11 is 0. The molecular weight excluding hydrogens is 344 g/mol. The molecule has 1 unspecified atom stereocenters. The number of ether oxygens (including phenoxy) is 1. The second-order valence-electron chi connectivity index (χ2n) is 6.77. The highest BCUT2D eigenvalue weighted by atomic mass is 28.4. The van der Waals surface area contributed by atoms with Gasteiger partial charge in [0.05, 0.1) is 0 Å². The van der Waals surface area contributed by atoms with Gasteiger partial charge in [0, 0.05) is 41.0 Å². The predicted octanol–water partition coefficient (Wildman–Crippen LogP) is 3.36. The zero-order valence-electron chi connectivity index (χ0n) is 17.1. The molecule has 1 atom stereocenters. The van der Waals surface area contributed by atoms with Crippen LogP contribution in [0.1, 0.15) is 44.6 Å². The Morgan fingerprint density at radius 3 is 2.35 bits per heavy atom. The van der Waals surface area contributed by atoms with E-state index in [1.807, 2.05) is 18.2 Å². The van der Waals surface area contributed by atoms with Crippen LogP contribution in [-0.4, -0.2) is 48.2 Å². The average Bonchev–Trinajstić information content (AvgIpc) is 2.70. The van der Waals surface area contributed by atoms with Gasteiger partial charge in [-0.05, 0) is 24.4 Å². The monoisotopic (exact) mass is 382 g/mol. The van der Waals surface area contributed by atoms with E-state index in [4.69, 9.17) is 19.3 Å². The van der Waals surface area contributed by atoms with E-state index < -0.39 is 8.56 Å². The number of nitrogens with one attached hydrogen (secondary N) is 1. The predicted molar refractivity (Wildman–Crippen MR) is 110 cm³/mol. The number of hydrogen-bond donors (Lipinski definition) is 2. The molecule has 1 aromatic rings. The Labute approximate surface area is 160 Å². The molecule has 3 N–H and O–H groups in total. The van der Waals surface area contributed by atoms with E-state index in [0.29, 0.717) is 6.54 Å². The van der Waals surface area contributed by atoms with Crippen molar-refractivity contribution < 1.29 is 13.6 Å². The van der Waals surface area contributed by atoms with Gasteiger partial charge in [0.2, 0.25) is 0 Å². The maximum atomic E-state index is 5.83. The van der Waals surface area contributed by atoms with Crippen molar-refractivity contribution in [3.8, 4) is 0 Å². The maximum absolute atomic E-state index is 5.83. The van der Waals surface area contributed by atoms with Crippen LogP contribution >= 0.6 is 0 Å². The zero-order chi connectivity index (χ0) is 19.3. The topological polar surface area (TPSA) is 65.7 Å². The Hall–Kier alpha value is -0.763. The average molecular weight is 383 g/mol. The van der Waals surface area contributed by atoms with E-state index in [0.717, 1.165) is 38.4 Å². The minimum atomic E-state index is -2.15. The Morgan fingerprint density at radius 2 is 1.81 bits per heavy atom. The van der Waals surface area contributed by atoms with Crippen molar-refractivity contribution in [3.63, 3.8) is 0 Å². The summed E-state index contributed by atoms with van der Waals surface area (Å²) in [4.78, 5) is 0. The molecule has 1 aromatic carbocycles. The van der Waals surface area contributed by atoms with Gasteiger partial charge in [-0.25, -0.2) is 0 Å². The van der Waals surface area contributed by atoms with Crippen LogP contribution in [0.5, 0.6) is 0 Å². The maximum Gasteiger partial charge on any atom is 0.370 e. The smallest absolute Gasteiger partial charge is 0.370 e. The summed E-state index contributed by atoms with van der Waals surface area (Å²) in [6.07, 6.45) is 5.70. The molecule has 150 valence electrons. The van der Waals surface area contributed by atoms with E-state index in [2.05, 4.69) is 24.4 Å². The van der Waals surface area contributed by atoms with E-state index in [-0.39, 0.29) is 5.22 Å². The fraction of sp³-hybridized carbons (Fsp3) is 0.700. The standard InChI is InChI=1S/C11H24O3Si.C9H14N2/c1-5-8-11(12-2)9-6-7-10-15(11,13-3)14-4;10-6-7-11-8-9-4-2-1-3-5-9/h5-10H2,1-4H3;1-5,11H,6-8,10H2. The molecule has 0 saturated carbocycles. The molecule has 0 bridgehead atoms. The van der Waals surface area contributed by atoms with Gasteiger partial charge in [-0.3, -0.25) is 0 Å². The van der Waals surface area contributed by atoms with E-state index in [9.17, 15) is 0 Å². The first kappa shape index (κ1) is 23.3. The summed E-state index contributed by atoms with van der Waals surface area (Å²) in [6, 6.07) is 11.4. The van der Waals surface area contributed by atoms with Crippen molar-refractivity contribution in [1.29, 1.82) is 0 Å². The molecule has 0 aliphatic carbocycles. The van der Waals surface area contributed by atoms with Crippen LogP contribution in [-0.2, 0) is 20.1 Å². The van der Waals surface area contributed by atoms with Crippen molar-refractivity contribution in [3.05, 3.63) is 35.9 Å². The van der Waals surface area contributed by atoms with Crippen LogP contribution in [0.25, 0.3) is 0 Å². The normalized spacial score (nSPS) is 21.7. The third kappa shape index (κ3) is 6.15. The van der Waals surface area contributed by atoms with Gasteiger partial charge in [-0.2, -0.15) is 0 Å². The SMILES string of the molecule is CCCC1(OC)CCCC[Si]1(OC)OC.NCCNCc1ccccc1. The minimum absolute atomic E-state index is 0.122. The molecule has 0 aromatic heterocycles. The zero-order valence-corrected chi connectivity index (χ0v) is 18.1. The molecule has 2 rings (SSSR count). The number of rotatable bonds is 9. The molecule has 0 radical (unpaired) electrons. The molecule has 1 fully saturated rings. The Kier molecular flexibility index (Phi) is 11.3. The van der Waals surface area contributed by atoms with Crippen LogP contribution in [0.4, 0.5) is 0 Å². The first-order chi connectivity index (χ1) is 12.6. The lowest BCUT2D eigenvalue weighted by Crippen LogP contribution is -2.64. The van der Waals surface area contributed by atoms with Crippen LogP contribution in [0.3, 0.4) is 0 Å². The van der Waals surface area contributed by atoms with Gasteiger partial charge in [0.1, 0.15) is 5.22 Å². The van der Waals surface area contributed by atoms with Crippen molar-refractivity contribution in [1.82, 2.24) is 5.32 Å². The second-order valence-corrected chi connectivity index (χ2v) is 10.5. The van der Waals surface area contributed by atoms with Crippen LogP contribution in [0.15, 0.2) is 30.3 Å². The molecule has 26 heavy (non-hydrogen) atoms. The Bertz CT molecular complexity index is 467. The van der Waals surface area contributed by atoms with Gasteiger partial charge >= 0.3 is 8.56 Å². The van der Waals surface area contributed by atoms with Crippen LogP contribution < -0.4 is 11.1 Å². The molecular formula is C20H38N2O3Si. The quantitative estimate of drug-likeness (QED) is 0.506.